The van der Waals surface area contributed by atoms with E-state index >= 15 is 0 Å². The molecule has 1 heterocycles. The van der Waals surface area contributed by atoms with Crippen LogP contribution >= 0.6 is 11.8 Å². The third-order valence-electron chi connectivity index (χ3n) is 4.41. The number of piperidine rings is 1. The minimum absolute atomic E-state index is 0.0581. The zero-order chi connectivity index (χ0) is 18.1. The van der Waals surface area contributed by atoms with Gasteiger partial charge in [-0.05, 0) is 38.2 Å². The third-order valence-corrected chi connectivity index (χ3v) is 5.64. The van der Waals surface area contributed by atoms with Crippen LogP contribution in [-0.2, 0) is 4.79 Å². The molecule has 0 N–H and O–H groups in total. The second-order valence-corrected chi connectivity index (χ2v) is 7.84. The lowest BCUT2D eigenvalue weighted by molar-refractivity contribution is -0.132. The Morgan fingerprint density at radius 2 is 1.92 bits per heavy atom. The number of hydrogen-bond donors (Lipinski definition) is 0. The Kier molecular flexibility index (Phi) is 8.45. The van der Waals surface area contributed by atoms with Crippen LogP contribution in [0.25, 0.3) is 0 Å². The standard InChI is InChI=1S/C20H31NO3S/c1-4-6-15-25-16(3)20(22)21-13-11-17(12-14-21)24-19-10-8-7-9-18(19)23-5-2/h7-10,16-17H,4-6,11-15H2,1-3H3. The van der Waals surface area contributed by atoms with Crippen molar-refractivity contribution in [3.05, 3.63) is 24.3 Å². The molecular formula is C20H31NO3S. The van der Waals surface area contributed by atoms with Crippen molar-refractivity contribution < 1.29 is 14.3 Å². The summed E-state index contributed by atoms with van der Waals surface area (Å²) in [5.41, 5.74) is 0. The number of unbranched alkanes of at least 4 members (excludes halogenated alkanes) is 1. The molecule has 0 radical (unpaired) electrons. The van der Waals surface area contributed by atoms with E-state index in [0.717, 1.165) is 43.2 Å². The Bertz CT molecular complexity index is 529. The minimum Gasteiger partial charge on any atom is -0.490 e. The predicted octanol–water partition coefficient (Wildman–Crippen LogP) is 4.38. The van der Waals surface area contributed by atoms with E-state index in [1.54, 1.807) is 11.8 Å². The number of carbonyl (C=O) groups excluding carboxylic acids is 1. The maximum Gasteiger partial charge on any atom is 0.235 e. The predicted molar refractivity (Wildman–Crippen MR) is 105 cm³/mol. The summed E-state index contributed by atoms with van der Waals surface area (Å²) in [5, 5.41) is 0.0581. The van der Waals surface area contributed by atoms with E-state index in [1.807, 2.05) is 43.0 Å². The summed E-state index contributed by atoms with van der Waals surface area (Å²) in [7, 11) is 0. The molecule has 0 saturated carbocycles. The fourth-order valence-corrected chi connectivity index (χ4v) is 4.03. The molecule has 5 heteroatoms. The van der Waals surface area contributed by atoms with Crippen LogP contribution in [0.4, 0.5) is 0 Å². The zero-order valence-electron chi connectivity index (χ0n) is 15.7. The first-order chi connectivity index (χ1) is 12.2. The molecule has 2 rings (SSSR count). The molecule has 25 heavy (non-hydrogen) atoms. The van der Waals surface area contributed by atoms with Gasteiger partial charge in [-0.3, -0.25) is 4.79 Å². The highest BCUT2D eigenvalue weighted by molar-refractivity contribution is 8.00. The first kappa shape index (κ1) is 20.0. The van der Waals surface area contributed by atoms with E-state index in [-0.39, 0.29) is 17.3 Å². The largest absolute Gasteiger partial charge is 0.490 e. The topological polar surface area (TPSA) is 38.8 Å². The van der Waals surface area contributed by atoms with Crippen molar-refractivity contribution in [3.63, 3.8) is 0 Å². The van der Waals surface area contributed by atoms with E-state index in [4.69, 9.17) is 9.47 Å². The average Bonchev–Trinajstić information content (AvgIpc) is 2.64. The van der Waals surface area contributed by atoms with Gasteiger partial charge in [-0.25, -0.2) is 0 Å². The van der Waals surface area contributed by atoms with Crippen LogP contribution in [0.1, 0.15) is 46.5 Å². The number of likely N-dealkylation sites (tertiary alicyclic amines) is 1. The highest BCUT2D eigenvalue weighted by Crippen LogP contribution is 2.29. The first-order valence-electron chi connectivity index (χ1n) is 9.44. The van der Waals surface area contributed by atoms with E-state index in [9.17, 15) is 4.79 Å². The van der Waals surface area contributed by atoms with Crippen LogP contribution in [0.5, 0.6) is 11.5 Å². The highest BCUT2D eigenvalue weighted by Gasteiger charge is 2.27. The van der Waals surface area contributed by atoms with Gasteiger partial charge in [0.2, 0.25) is 5.91 Å². The molecule has 1 atom stereocenters. The van der Waals surface area contributed by atoms with Gasteiger partial charge < -0.3 is 14.4 Å². The van der Waals surface area contributed by atoms with Gasteiger partial charge in [0.25, 0.3) is 0 Å². The van der Waals surface area contributed by atoms with Gasteiger partial charge in [-0.2, -0.15) is 0 Å². The number of nitrogens with zero attached hydrogens (tertiary/aromatic N) is 1. The van der Waals surface area contributed by atoms with Gasteiger partial charge in [-0.15, -0.1) is 11.8 Å². The first-order valence-corrected chi connectivity index (χ1v) is 10.5. The maximum atomic E-state index is 12.5. The van der Waals surface area contributed by atoms with E-state index in [0.29, 0.717) is 6.61 Å². The van der Waals surface area contributed by atoms with Crippen LogP contribution < -0.4 is 9.47 Å². The monoisotopic (exact) mass is 365 g/mol. The number of ether oxygens (including phenoxy) is 2. The summed E-state index contributed by atoms with van der Waals surface area (Å²) in [5.74, 6) is 2.94. The Balaban J connectivity index is 1.80. The molecule has 1 aromatic carbocycles. The number of benzene rings is 1. The number of carbonyl (C=O) groups is 1. The molecular weight excluding hydrogens is 334 g/mol. The summed E-state index contributed by atoms with van der Waals surface area (Å²) < 4.78 is 11.8. The molecule has 4 nitrogen and oxygen atoms in total. The number of hydrogen-bond acceptors (Lipinski definition) is 4. The Labute approximate surface area is 156 Å². The molecule has 140 valence electrons. The van der Waals surface area contributed by atoms with E-state index in [1.165, 1.54) is 12.8 Å². The van der Waals surface area contributed by atoms with E-state index < -0.39 is 0 Å². The fourth-order valence-electron chi connectivity index (χ4n) is 2.93. The van der Waals surface area contributed by atoms with Crippen LogP contribution in [0.3, 0.4) is 0 Å². The second-order valence-electron chi connectivity index (χ2n) is 6.39. The molecule has 0 spiro atoms. The van der Waals surface area contributed by atoms with Crippen LogP contribution in [-0.4, -0.2) is 47.6 Å². The van der Waals surface area contributed by atoms with Crippen molar-refractivity contribution in [1.29, 1.82) is 0 Å². The smallest absolute Gasteiger partial charge is 0.235 e. The fraction of sp³-hybridized carbons (Fsp3) is 0.650. The maximum absolute atomic E-state index is 12.5. The normalized spacial score (nSPS) is 16.5. The molecule has 0 aromatic heterocycles. The highest BCUT2D eigenvalue weighted by atomic mass is 32.2. The third kappa shape index (κ3) is 6.14. The van der Waals surface area contributed by atoms with Crippen LogP contribution in [0, 0.1) is 0 Å². The quantitative estimate of drug-likeness (QED) is 0.609. The lowest BCUT2D eigenvalue weighted by atomic mass is 10.1. The molecule has 1 saturated heterocycles. The summed E-state index contributed by atoms with van der Waals surface area (Å²) >= 11 is 1.77. The number of rotatable bonds is 9. The molecule has 0 bridgehead atoms. The van der Waals surface area contributed by atoms with Crippen molar-refractivity contribution in [1.82, 2.24) is 4.90 Å². The summed E-state index contributed by atoms with van der Waals surface area (Å²) in [6.07, 6.45) is 4.25. The molecule has 1 unspecified atom stereocenters. The number of thioether (sulfide) groups is 1. The van der Waals surface area contributed by atoms with Gasteiger partial charge in [0.1, 0.15) is 6.10 Å². The number of amides is 1. The van der Waals surface area contributed by atoms with Gasteiger partial charge in [0.15, 0.2) is 11.5 Å². The van der Waals surface area contributed by atoms with Crippen molar-refractivity contribution in [2.24, 2.45) is 0 Å². The minimum atomic E-state index is 0.0581. The molecule has 1 aromatic rings. The molecule has 1 aliphatic rings. The van der Waals surface area contributed by atoms with Crippen molar-refractivity contribution in [2.75, 3.05) is 25.4 Å². The SMILES string of the molecule is CCCCSC(C)C(=O)N1CCC(Oc2ccccc2OCC)CC1. The van der Waals surface area contributed by atoms with Crippen molar-refractivity contribution >= 4 is 17.7 Å². The Morgan fingerprint density at radius 1 is 1.24 bits per heavy atom. The second kappa shape index (κ2) is 10.6. The summed E-state index contributed by atoms with van der Waals surface area (Å²) in [6, 6.07) is 7.81. The summed E-state index contributed by atoms with van der Waals surface area (Å²) in [4.78, 5) is 14.5. The molecule has 1 amide bonds. The molecule has 1 aliphatic heterocycles. The van der Waals surface area contributed by atoms with Gasteiger partial charge >= 0.3 is 0 Å². The lowest BCUT2D eigenvalue weighted by Gasteiger charge is -2.33. The molecule has 0 aliphatic carbocycles. The van der Waals surface area contributed by atoms with Crippen molar-refractivity contribution in [3.8, 4) is 11.5 Å². The molecule has 1 fully saturated rings. The van der Waals surface area contributed by atoms with Crippen molar-refractivity contribution in [2.45, 2.75) is 57.8 Å². The van der Waals surface area contributed by atoms with Gasteiger partial charge in [0, 0.05) is 25.9 Å². The summed E-state index contributed by atoms with van der Waals surface area (Å²) in [6.45, 7) is 8.37. The average molecular weight is 366 g/mol. The van der Waals surface area contributed by atoms with Gasteiger partial charge in [-0.1, -0.05) is 25.5 Å². The Morgan fingerprint density at radius 3 is 2.56 bits per heavy atom. The van der Waals surface area contributed by atoms with Crippen LogP contribution in [0.2, 0.25) is 0 Å². The van der Waals surface area contributed by atoms with Crippen LogP contribution in [0.15, 0.2) is 24.3 Å². The number of para-hydroxylation sites is 2. The lowest BCUT2D eigenvalue weighted by Crippen LogP contribution is -2.44. The zero-order valence-corrected chi connectivity index (χ0v) is 16.5. The van der Waals surface area contributed by atoms with E-state index in [2.05, 4.69) is 6.92 Å². The van der Waals surface area contributed by atoms with Gasteiger partial charge in [0.05, 0.1) is 11.9 Å². The Hall–Kier alpha value is -1.36.